The number of nitrogens with one attached hydrogen (secondary N) is 3. The Balaban J connectivity index is 1.23. The molecule has 3 amide bonds. The van der Waals surface area contributed by atoms with Crippen LogP contribution in [0.3, 0.4) is 0 Å². The molecule has 0 aliphatic carbocycles. The first-order valence-electron chi connectivity index (χ1n) is 10.9. The molecular weight excluding hydrogens is 398 g/mol. The van der Waals surface area contributed by atoms with Crippen LogP contribution in [0, 0.1) is 5.92 Å². The van der Waals surface area contributed by atoms with Crippen molar-refractivity contribution in [1.29, 1.82) is 0 Å². The summed E-state index contributed by atoms with van der Waals surface area (Å²) in [6.45, 7) is 5.72. The Bertz CT molecular complexity index is 912. The Morgan fingerprint density at radius 2 is 2.13 bits per heavy atom. The third kappa shape index (κ3) is 4.74. The maximum Gasteiger partial charge on any atom is 0.315 e. The fourth-order valence-electron chi connectivity index (χ4n) is 4.37. The zero-order chi connectivity index (χ0) is 21.1. The van der Waals surface area contributed by atoms with Crippen LogP contribution in [0.1, 0.15) is 45.4 Å². The molecule has 30 heavy (non-hydrogen) atoms. The minimum atomic E-state index is -0.0434. The van der Waals surface area contributed by atoms with E-state index in [0.717, 1.165) is 48.4 Å². The second kappa shape index (κ2) is 9.29. The minimum absolute atomic E-state index is 0.0434. The molecule has 0 bridgehead atoms. The van der Waals surface area contributed by atoms with Crippen LogP contribution in [-0.4, -0.2) is 44.6 Å². The molecular formula is C22H31N5O2S. The van der Waals surface area contributed by atoms with Crippen molar-refractivity contribution in [1.82, 2.24) is 25.5 Å². The van der Waals surface area contributed by atoms with Gasteiger partial charge in [-0.15, -0.1) is 0 Å². The first kappa shape index (κ1) is 21.0. The Morgan fingerprint density at radius 1 is 1.30 bits per heavy atom. The summed E-state index contributed by atoms with van der Waals surface area (Å²) >= 11 is 1.92. The van der Waals surface area contributed by atoms with Crippen molar-refractivity contribution >= 4 is 34.7 Å². The molecule has 2 saturated heterocycles. The molecule has 2 aromatic rings. The quantitative estimate of drug-likeness (QED) is 0.422. The van der Waals surface area contributed by atoms with E-state index in [-0.39, 0.29) is 24.0 Å². The summed E-state index contributed by atoms with van der Waals surface area (Å²) in [5.41, 5.74) is 2.10. The molecule has 2 aliphatic rings. The van der Waals surface area contributed by atoms with Crippen LogP contribution < -0.4 is 16.0 Å². The first-order valence-corrected chi connectivity index (χ1v) is 12.0. The van der Waals surface area contributed by atoms with Crippen molar-refractivity contribution in [3.63, 3.8) is 0 Å². The van der Waals surface area contributed by atoms with E-state index in [2.05, 4.69) is 40.4 Å². The van der Waals surface area contributed by atoms with E-state index in [4.69, 9.17) is 4.98 Å². The number of imidazole rings is 1. The highest BCUT2D eigenvalue weighted by molar-refractivity contribution is 8.00. The van der Waals surface area contributed by atoms with Gasteiger partial charge in [0, 0.05) is 24.0 Å². The summed E-state index contributed by atoms with van der Waals surface area (Å²) in [5, 5.41) is 9.50. The molecule has 4 rings (SSSR count). The lowest BCUT2D eigenvalue weighted by atomic mass is 10.0. The van der Waals surface area contributed by atoms with Crippen LogP contribution >= 0.6 is 11.8 Å². The Hall–Kier alpha value is -2.22. The third-order valence-corrected chi connectivity index (χ3v) is 7.31. The van der Waals surface area contributed by atoms with Gasteiger partial charge in [0.1, 0.15) is 5.82 Å². The molecule has 2 fully saturated rings. The molecule has 0 unspecified atom stereocenters. The van der Waals surface area contributed by atoms with Crippen molar-refractivity contribution in [2.24, 2.45) is 5.92 Å². The van der Waals surface area contributed by atoms with Crippen molar-refractivity contribution in [3.8, 4) is 0 Å². The standard InChI is InChI=1S/C22H31N5O2S/c1-14(2)12-27-17-8-4-3-7-15(17)24-19(27)11-23-20(28)10-6-5-9-18-21-16(13-30-18)25-22(29)26-21/h3-4,7-8,14,16,18,21H,5-6,9-13H2,1-2H3,(H,23,28)(H2,25,26,29)/t16-,18-,21-/m0/s1. The highest BCUT2D eigenvalue weighted by Gasteiger charge is 2.42. The summed E-state index contributed by atoms with van der Waals surface area (Å²) in [5.74, 6) is 2.47. The van der Waals surface area contributed by atoms with Gasteiger partial charge < -0.3 is 20.5 Å². The fraction of sp³-hybridized carbons (Fsp3) is 0.591. The molecule has 0 spiro atoms. The number of urea groups is 1. The molecule has 3 atom stereocenters. The minimum Gasteiger partial charge on any atom is -0.349 e. The summed E-state index contributed by atoms with van der Waals surface area (Å²) < 4.78 is 2.22. The molecule has 8 heteroatoms. The van der Waals surface area contributed by atoms with Crippen molar-refractivity contribution in [3.05, 3.63) is 30.1 Å². The number of benzene rings is 1. The Morgan fingerprint density at radius 3 is 2.97 bits per heavy atom. The average molecular weight is 430 g/mol. The Kier molecular flexibility index (Phi) is 6.51. The number of nitrogens with zero attached hydrogens (tertiary/aromatic N) is 2. The SMILES string of the molecule is CC(C)Cn1c(CNC(=O)CCCC[C@@H]2SC[C@@H]3NC(=O)N[C@@H]32)nc2ccccc21. The van der Waals surface area contributed by atoms with Gasteiger partial charge in [-0.2, -0.15) is 11.8 Å². The molecule has 1 aromatic carbocycles. The van der Waals surface area contributed by atoms with Crippen molar-refractivity contribution in [2.75, 3.05) is 5.75 Å². The average Bonchev–Trinajstić information content (AvgIpc) is 3.36. The largest absolute Gasteiger partial charge is 0.349 e. The number of amides is 3. The second-order valence-electron chi connectivity index (χ2n) is 8.67. The molecule has 0 radical (unpaired) electrons. The first-order chi connectivity index (χ1) is 14.5. The summed E-state index contributed by atoms with van der Waals surface area (Å²) in [7, 11) is 0. The summed E-state index contributed by atoms with van der Waals surface area (Å²) in [6.07, 6.45) is 3.42. The maximum absolute atomic E-state index is 12.4. The lowest BCUT2D eigenvalue weighted by Gasteiger charge is -2.16. The van der Waals surface area contributed by atoms with Gasteiger partial charge in [0.05, 0.1) is 29.7 Å². The van der Waals surface area contributed by atoms with E-state index >= 15 is 0 Å². The number of fused-ring (bicyclic) bond motifs is 2. The molecule has 0 saturated carbocycles. The number of hydrogen-bond donors (Lipinski definition) is 3. The topological polar surface area (TPSA) is 88.0 Å². The predicted molar refractivity (Wildman–Crippen MR) is 120 cm³/mol. The molecule has 3 heterocycles. The van der Waals surface area contributed by atoms with Crippen LogP contribution in [0.4, 0.5) is 4.79 Å². The van der Waals surface area contributed by atoms with Crippen molar-refractivity contribution < 1.29 is 9.59 Å². The molecule has 2 aliphatic heterocycles. The normalized spacial score (nSPS) is 22.9. The third-order valence-electron chi connectivity index (χ3n) is 5.81. The number of rotatable bonds is 9. The molecule has 3 N–H and O–H groups in total. The zero-order valence-electron chi connectivity index (χ0n) is 17.7. The molecule has 7 nitrogen and oxygen atoms in total. The van der Waals surface area contributed by atoms with E-state index in [9.17, 15) is 9.59 Å². The van der Waals surface area contributed by atoms with E-state index in [0.29, 0.717) is 24.1 Å². The number of thioether (sulfide) groups is 1. The van der Waals surface area contributed by atoms with Crippen LogP contribution in [-0.2, 0) is 17.9 Å². The van der Waals surface area contributed by atoms with Gasteiger partial charge >= 0.3 is 6.03 Å². The summed E-state index contributed by atoms with van der Waals surface area (Å²) in [4.78, 5) is 28.6. The van der Waals surface area contributed by atoms with Gasteiger partial charge in [0.2, 0.25) is 5.91 Å². The second-order valence-corrected chi connectivity index (χ2v) is 9.94. The van der Waals surface area contributed by atoms with Gasteiger partial charge in [0.15, 0.2) is 0 Å². The zero-order valence-corrected chi connectivity index (χ0v) is 18.5. The fourth-order valence-corrected chi connectivity index (χ4v) is 5.91. The number of carbonyl (C=O) groups excluding carboxylic acids is 2. The monoisotopic (exact) mass is 429 g/mol. The van der Waals surface area contributed by atoms with Gasteiger partial charge in [-0.05, 0) is 30.9 Å². The van der Waals surface area contributed by atoms with Crippen molar-refractivity contribution in [2.45, 2.75) is 70.0 Å². The van der Waals surface area contributed by atoms with Crippen LogP contribution in [0.25, 0.3) is 11.0 Å². The Labute approximate surface area is 181 Å². The van der Waals surface area contributed by atoms with Crippen LogP contribution in [0.2, 0.25) is 0 Å². The number of para-hydroxylation sites is 2. The summed E-state index contributed by atoms with van der Waals surface area (Å²) in [6, 6.07) is 8.59. The van der Waals surface area contributed by atoms with Crippen LogP contribution in [0.5, 0.6) is 0 Å². The highest BCUT2D eigenvalue weighted by Crippen LogP contribution is 2.33. The number of carbonyl (C=O) groups is 2. The maximum atomic E-state index is 12.4. The lowest BCUT2D eigenvalue weighted by molar-refractivity contribution is -0.121. The number of unbranched alkanes of at least 4 members (excludes halogenated alkanes) is 1. The van der Waals surface area contributed by atoms with Gasteiger partial charge in [-0.3, -0.25) is 4.79 Å². The number of aromatic nitrogens is 2. The molecule has 1 aromatic heterocycles. The van der Waals surface area contributed by atoms with E-state index < -0.39 is 0 Å². The van der Waals surface area contributed by atoms with E-state index in [1.54, 1.807) is 0 Å². The highest BCUT2D eigenvalue weighted by atomic mass is 32.2. The van der Waals surface area contributed by atoms with E-state index in [1.807, 2.05) is 30.0 Å². The molecule has 162 valence electrons. The van der Waals surface area contributed by atoms with Gasteiger partial charge in [0.25, 0.3) is 0 Å². The van der Waals surface area contributed by atoms with Gasteiger partial charge in [-0.25, -0.2) is 9.78 Å². The number of hydrogen-bond acceptors (Lipinski definition) is 4. The predicted octanol–water partition coefficient (Wildman–Crippen LogP) is 3.03. The van der Waals surface area contributed by atoms with Gasteiger partial charge in [-0.1, -0.05) is 32.4 Å². The van der Waals surface area contributed by atoms with Crippen LogP contribution in [0.15, 0.2) is 24.3 Å². The van der Waals surface area contributed by atoms with E-state index in [1.165, 1.54) is 0 Å². The smallest absolute Gasteiger partial charge is 0.315 e. The lowest BCUT2D eigenvalue weighted by Crippen LogP contribution is -2.36.